The lowest BCUT2D eigenvalue weighted by atomic mass is 10.0. The highest BCUT2D eigenvalue weighted by atomic mass is 32.2. The zero-order chi connectivity index (χ0) is 10.7. The molecule has 3 heteroatoms. The van der Waals surface area contributed by atoms with Gasteiger partial charge in [-0.1, -0.05) is 6.07 Å². The minimum atomic E-state index is -0.330. The lowest BCUT2D eigenvalue weighted by Gasteiger charge is -2.11. The average Bonchev–Trinajstić information content (AvgIpc) is 2.72. The molecular weight excluding hydrogens is 208 g/mol. The predicted molar refractivity (Wildman–Crippen MR) is 63.6 cm³/mol. The number of hydrogen-bond acceptors (Lipinski definition) is 3. The Hall–Kier alpha value is -0.670. The lowest BCUT2D eigenvalue weighted by Crippen LogP contribution is -1.99. The molecule has 82 valence electrons. The molecule has 2 rings (SSSR count). The van der Waals surface area contributed by atoms with E-state index in [1.54, 1.807) is 11.8 Å². The molecule has 0 saturated carbocycles. The van der Waals surface area contributed by atoms with Crippen LogP contribution in [0, 0.1) is 0 Å². The van der Waals surface area contributed by atoms with Gasteiger partial charge in [-0.2, -0.15) is 11.8 Å². The average molecular weight is 224 g/mol. The third kappa shape index (κ3) is 2.47. The summed E-state index contributed by atoms with van der Waals surface area (Å²) >= 11 is 1.77. The summed E-state index contributed by atoms with van der Waals surface area (Å²) in [5.41, 5.74) is 2.25. The standard InChI is InChI=1S/C12H16O2S/c1-15-7-5-11(13)9-2-3-12-10(8-9)4-6-14-12/h2-3,8,11,13H,4-7H2,1H3. The molecule has 1 heterocycles. The van der Waals surface area contributed by atoms with Crippen LogP contribution < -0.4 is 4.74 Å². The third-order valence-electron chi connectivity index (χ3n) is 2.69. The molecule has 1 N–H and O–H groups in total. The van der Waals surface area contributed by atoms with Gasteiger partial charge in [0.15, 0.2) is 0 Å². The summed E-state index contributed by atoms with van der Waals surface area (Å²) < 4.78 is 5.43. The van der Waals surface area contributed by atoms with Gasteiger partial charge in [-0.25, -0.2) is 0 Å². The fourth-order valence-electron chi connectivity index (χ4n) is 1.81. The molecule has 1 aliphatic rings. The van der Waals surface area contributed by atoms with E-state index in [0.717, 1.165) is 36.5 Å². The second-order valence-corrected chi connectivity index (χ2v) is 4.75. The van der Waals surface area contributed by atoms with Crippen molar-refractivity contribution in [3.05, 3.63) is 29.3 Å². The number of aliphatic hydroxyl groups excluding tert-OH is 1. The van der Waals surface area contributed by atoms with Crippen LogP contribution in [0.15, 0.2) is 18.2 Å². The van der Waals surface area contributed by atoms with Crippen molar-refractivity contribution < 1.29 is 9.84 Å². The van der Waals surface area contributed by atoms with Crippen molar-refractivity contribution in [1.29, 1.82) is 0 Å². The molecule has 15 heavy (non-hydrogen) atoms. The van der Waals surface area contributed by atoms with Gasteiger partial charge in [-0.05, 0) is 41.7 Å². The van der Waals surface area contributed by atoms with Gasteiger partial charge in [0, 0.05) is 6.42 Å². The first-order valence-corrected chi connectivity index (χ1v) is 6.63. The molecule has 1 aliphatic heterocycles. The van der Waals surface area contributed by atoms with Gasteiger partial charge < -0.3 is 9.84 Å². The molecule has 1 unspecified atom stereocenters. The van der Waals surface area contributed by atoms with E-state index in [2.05, 4.69) is 12.3 Å². The summed E-state index contributed by atoms with van der Waals surface area (Å²) in [6, 6.07) is 6.02. The highest BCUT2D eigenvalue weighted by Crippen LogP contribution is 2.29. The molecule has 0 aliphatic carbocycles. The van der Waals surface area contributed by atoms with Crippen LogP contribution in [0.4, 0.5) is 0 Å². The Balaban J connectivity index is 2.08. The lowest BCUT2D eigenvalue weighted by molar-refractivity contribution is 0.175. The van der Waals surface area contributed by atoms with E-state index in [-0.39, 0.29) is 6.10 Å². The van der Waals surface area contributed by atoms with Crippen LogP contribution in [0.1, 0.15) is 23.7 Å². The summed E-state index contributed by atoms with van der Waals surface area (Å²) in [5.74, 6) is 1.98. The smallest absolute Gasteiger partial charge is 0.122 e. The largest absolute Gasteiger partial charge is 0.493 e. The van der Waals surface area contributed by atoms with Gasteiger partial charge in [0.25, 0.3) is 0 Å². The Bertz CT molecular complexity index is 338. The molecule has 0 amide bonds. The first kappa shape index (κ1) is 10.8. The fraction of sp³-hybridized carbons (Fsp3) is 0.500. The first-order chi connectivity index (χ1) is 7.31. The normalized spacial score (nSPS) is 15.9. The number of thioether (sulfide) groups is 1. The monoisotopic (exact) mass is 224 g/mol. The second-order valence-electron chi connectivity index (χ2n) is 3.76. The molecule has 0 radical (unpaired) electrons. The van der Waals surface area contributed by atoms with Crippen LogP contribution in [0.25, 0.3) is 0 Å². The quantitative estimate of drug-likeness (QED) is 0.851. The molecule has 0 spiro atoms. The predicted octanol–water partition coefficient (Wildman–Crippen LogP) is 2.41. The minimum absolute atomic E-state index is 0.330. The van der Waals surface area contributed by atoms with Crippen molar-refractivity contribution in [2.75, 3.05) is 18.6 Å². The number of ether oxygens (including phenoxy) is 1. The summed E-state index contributed by atoms with van der Waals surface area (Å²) in [6.07, 6.45) is 3.52. The van der Waals surface area contributed by atoms with Crippen molar-refractivity contribution in [3.8, 4) is 5.75 Å². The topological polar surface area (TPSA) is 29.5 Å². The Morgan fingerprint density at radius 1 is 1.53 bits per heavy atom. The Labute approximate surface area is 94.6 Å². The first-order valence-electron chi connectivity index (χ1n) is 5.24. The van der Waals surface area contributed by atoms with Gasteiger partial charge in [0.1, 0.15) is 5.75 Å². The van der Waals surface area contributed by atoms with E-state index < -0.39 is 0 Å². The fourth-order valence-corrected chi connectivity index (χ4v) is 2.27. The third-order valence-corrected chi connectivity index (χ3v) is 3.34. The molecule has 0 aromatic heterocycles. The molecular formula is C12H16O2S. The maximum Gasteiger partial charge on any atom is 0.122 e. The van der Waals surface area contributed by atoms with Gasteiger partial charge in [0.05, 0.1) is 12.7 Å². The minimum Gasteiger partial charge on any atom is -0.493 e. The van der Waals surface area contributed by atoms with Crippen molar-refractivity contribution in [1.82, 2.24) is 0 Å². The Morgan fingerprint density at radius 2 is 2.40 bits per heavy atom. The van der Waals surface area contributed by atoms with E-state index in [9.17, 15) is 5.11 Å². The highest BCUT2D eigenvalue weighted by Gasteiger charge is 2.14. The van der Waals surface area contributed by atoms with Crippen molar-refractivity contribution in [3.63, 3.8) is 0 Å². The van der Waals surface area contributed by atoms with E-state index >= 15 is 0 Å². The summed E-state index contributed by atoms with van der Waals surface area (Å²) in [5, 5.41) is 9.93. The van der Waals surface area contributed by atoms with Gasteiger partial charge in [-0.3, -0.25) is 0 Å². The number of fused-ring (bicyclic) bond motifs is 1. The van der Waals surface area contributed by atoms with E-state index in [1.165, 1.54) is 5.56 Å². The van der Waals surface area contributed by atoms with E-state index in [0.29, 0.717) is 0 Å². The number of hydrogen-bond donors (Lipinski definition) is 1. The molecule has 0 saturated heterocycles. The zero-order valence-corrected chi connectivity index (χ0v) is 9.72. The van der Waals surface area contributed by atoms with Crippen LogP contribution in [0.5, 0.6) is 5.75 Å². The van der Waals surface area contributed by atoms with Crippen molar-refractivity contribution in [2.45, 2.75) is 18.9 Å². The number of rotatable bonds is 4. The van der Waals surface area contributed by atoms with Gasteiger partial charge >= 0.3 is 0 Å². The Kier molecular flexibility index (Phi) is 3.54. The van der Waals surface area contributed by atoms with E-state index in [1.807, 2.05) is 12.1 Å². The summed E-state index contributed by atoms with van der Waals surface area (Å²) in [6.45, 7) is 0.777. The van der Waals surface area contributed by atoms with Crippen molar-refractivity contribution >= 4 is 11.8 Å². The summed E-state index contributed by atoms with van der Waals surface area (Å²) in [7, 11) is 0. The molecule has 1 atom stereocenters. The number of aliphatic hydroxyl groups is 1. The van der Waals surface area contributed by atoms with Gasteiger partial charge in [-0.15, -0.1) is 0 Å². The highest BCUT2D eigenvalue weighted by molar-refractivity contribution is 7.98. The van der Waals surface area contributed by atoms with Crippen LogP contribution >= 0.6 is 11.8 Å². The molecule has 0 fully saturated rings. The molecule has 2 nitrogen and oxygen atoms in total. The maximum atomic E-state index is 9.93. The van der Waals surface area contributed by atoms with Crippen LogP contribution in [0.3, 0.4) is 0 Å². The SMILES string of the molecule is CSCCC(O)c1ccc2c(c1)CCO2. The molecule has 0 bridgehead atoms. The van der Waals surface area contributed by atoms with Crippen LogP contribution in [-0.2, 0) is 6.42 Å². The zero-order valence-electron chi connectivity index (χ0n) is 8.90. The molecule has 1 aromatic rings. The van der Waals surface area contributed by atoms with E-state index in [4.69, 9.17) is 4.74 Å². The van der Waals surface area contributed by atoms with Crippen LogP contribution in [-0.4, -0.2) is 23.7 Å². The molecule has 1 aromatic carbocycles. The second kappa shape index (κ2) is 4.90. The van der Waals surface area contributed by atoms with Gasteiger partial charge in [0.2, 0.25) is 0 Å². The summed E-state index contributed by atoms with van der Waals surface area (Å²) in [4.78, 5) is 0. The Morgan fingerprint density at radius 3 is 3.20 bits per heavy atom. The van der Waals surface area contributed by atoms with Crippen LogP contribution in [0.2, 0.25) is 0 Å². The maximum absolute atomic E-state index is 9.93. The number of benzene rings is 1. The van der Waals surface area contributed by atoms with Crippen molar-refractivity contribution in [2.24, 2.45) is 0 Å².